The van der Waals surface area contributed by atoms with Crippen molar-refractivity contribution in [2.75, 3.05) is 18.5 Å². The number of nitrogens with zero attached hydrogens (tertiary/aromatic N) is 5. The summed E-state index contributed by atoms with van der Waals surface area (Å²) in [6, 6.07) is 4.04. The topological polar surface area (TPSA) is 38.9 Å². The molecule has 5 heteroatoms. The second kappa shape index (κ2) is 5.77. The molecule has 2 heterocycles. The van der Waals surface area contributed by atoms with Crippen LogP contribution in [0.15, 0.2) is 43.1 Å². The predicted octanol–water partition coefficient (Wildman–Crippen LogP) is 2.48. The van der Waals surface area contributed by atoms with Crippen LogP contribution in [0.1, 0.15) is 6.92 Å². The van der Waals surface area contributed by atoms with Gasteiger partial charge in [0.1, 0.15) is 0 Å². The van der Waals surface area contributed by atoms with Crippen molar-refractivity contribution in [1.29, 1.82) is 0 Å². The number of allylic oxidation sites excluding steroid dienone is 1. The van der Waals surface area contributed by atoms with Crippen LogP contribution in [0.3, 0.4) is 0 Å². The van der Waals surface area contributed by atoms with Gasteiger partial charge in [0.15, 0.2) is 5.82 Å². The van der Waals surface area contributed by atoms with Crippen LogP contribution in [-0.4, -0.2) is 32.9 Å². The van der Waals surface area contributed by atoms with Gasteiger partial charge in [0.05, 0.1) is 5.69 Å². The van der Waals surface area contributed by atoms with Gasteiger partial charge in [0.25, 0.3) is 0 Å². The van der Waals surface area contributed by atoms with Gasteiger partial charge in [-0.15, -0.1) is 16.8 Å². The predicted molar refractivity (Wildman–Crippen MR) is 82.7 cm³/mol. The van der Waals surface area contributed by atoms with Crippen LogP contribution in [0.2, 0.25) is 0 Å². The number of likely N-dealkylation sites (N-methyl/N-ethyl adjacent to an activating group) is 1. The molecule has 0 bridgehead atoms. The zero-order valence-corrected chi connectivity index (χ0v) is 12.4. The lowest BCUT2D eigenvalue weighted by atomic mass is 10.3. The molecule has 0 aliphatic heterocycles. The lowest BCUT2D eigenvalue weighted by Gasteiger charge is -2.18. The number of aryl methyl sites for hydroxylation is 1. The van der Waals surface area contributed by atoms with E-state index in [4.69, 9.17) is 0 Å². The highest BCUT2D eigenvalue weighted by molar-refractivity contribution is 5.54. The Morgan fingerprint density at radius 2 is 2.20 bits per heavy atom. The summed E-state index contributed by atoms with van der Waals surface area (Å²) in [5.41, 5.74) is 2.10. The number of rotatable bonds is 6. The monoisotopic (exact) mass is 271 g/mol. The Bertz CT molecular complexity index is 620. The standard InChI is InChI=1S/C15H21N5/c1-6-9-19(5)15-17-16-14(20(15)11-12(2)3)13-8-7-10-18(13)4/h6-8,10H,1-2,9,11H2,3-5H3. The first-order valence-corrected chi connectivity index (χ1v) is 6.56. The summed E-state index contributed by atoms with van der Waals surface area (Å²) < 4.78 is 4.12. The summed E-state index contributed by atoms with van der Waals surface area (Å²) in [6.45, 7) is 11.2. The highest BCUT2D eigenvalue weighted by Gasteiger charge is 2.17. The maximum atomic E-state index is 4.35. The van der Waals surface area contributed by atoms with Gasteiger partial charge in [-0.1, -0.05) is 18.2 Å². The van der Waals surface area contributed by atoms with Gasteiger partial charge in [-0.05, 0) is 19.1 Å². The van der Waals surface area contributed by atoms with Crippen molar-refractivity contribution >= 4 is 5.95 Å². The minimum atomic E-state index is 0.699. The molecule has 0 atom stereocenters. The second-order valence-electron chi connectivity index (χ2n) is 5.04. The zero-order valence-electron chi connectivity index (χ0n) is 12.4. The molecule has 0 spiro atoms. The van der Waals surface area contributed by atoms with E-state index in [0.717, 1.165) is 29.6 Å². The lowest BCUT2D eigenvalue weighted by molar-refractivity contribution is 0.757. The van der Waals surface area contributed by atoms with Crippen LogP contribution in [0.4, 0.5) is 5.95 Å². The van der Waals surface area contributed by atoms with Crippen molar-refractivity contribution in [3.8, 4) is 11.5 Å². The summed E-state index contributed by atoms with van der Waals surface area (Å²) in [6.07, 6.45) is 3.85. The molecule has 2 aromatic heterocycles. The number of hydrogen-bond acceptors (Lipinski definition) is 3. The summed E-state index contributed by atoms with van der Waals surface area (Å²) >= 11 is 0. The first-order chi connectivity index (χ1) is 9.54. The van der Waals surface area contributed by atoms with Crippen LogP contribution in [0.5, 0.6) is 0 Å². The highest BCUT2D eigenvalue weighted by atomic mass is 15.4. The maximum Gasteiger partial charge on any atom is 0.227 e. The molecule has 0 fully saturated rings. The molecule has 106 valence electrons. The highest BCUT2D eigenvalue weighted by Crippen LogP contribution is 2.23. The van der Waals surface area contributed by atoms with Gasteiger partial charge in [0, 0.05) is 33.4 Å². The second-order valence-corrected chi connectivity index (χ2v) is 5.04. The maximum absolute atomic E-state index is 4.35. The van der Waals surface area contributed by atoms with Gasteiger partial charge in [-0.3, -0.25) is 4.57 Å². The minimum absolute atomic E-state index is 0.699. The summed E-state index contributed by atoms with van der Waals surface area (Å²) in [5, 5.41) is 8.67. The third-order valence-corrected chi connectivity index (χ3v) is 3.08. The molecular formula is C15H21N5. The normalized spacial score (nSPS) is 10.6. The van der Waals surface area contributed by atoms with Crippen LogP contribution in [0.25, 0.3) is 11.5 Å². The van der Waals surface area contributed by atoms with E-state index in [2.05, 4.69) is 27.9 Å². The largest absolute Gasteiger partial charge is 0.348 e. The van der Waals surface area contributed by atoms with Gasteiger partial charge < -0.3 is 9.47 Å². The van der Waals surface area contributed by atoms with Crippen LogP contribution in [-0.2, 0) is 13.6 Å². The average molecular weight is 271 g/mol. The molecule has 0 saturated heterocycles. The first-order valence-electron chi connectivity index (χ1n) is 6.56. The van der Waals surface area contributed by atoms with Gasteiger partial charge >= 0.3 is 0 Å². The number of hydrogen-bond donors (Lipinski definition) is 0. The molecular weight excluding hydrogens is 250 g/mol. The smallest absolute Gasteiger partial charge is 0.227 e. The van der Waals surface area contributed by atoms with Crippen molar-refractivity contribution in [3.63, 3.8) is 0 Å². The fraction of sp³-hybridized carbons (Fsp3) is 0.333. The average Bonchev–Trinajstić information content (AvgIpc) is 2.95. The molecule has 0 aliphatic carbocycles. The molecule has 5 nitrogen and oxygen atoms in total. The van der Waals surface area contributed by atoms with E-state index < -0.39 is 0 Å². The summed E-state index contributed by atoms with van der Waals surface area (Å²) in [7, 11) is 3.98. The van der Waals surface area contributed by atoms with Crippen LogP contribution < -0.4 is 4.90 Å². The molecule has 0 unspecified atom stereocenters. The van der Waals surface area contributed by atoms with Crippen molar-refractivity contribution in [1.82, 2.24) is 19.3 Å². The van der Waals surface area contributed by atoms with E-state index in [1.54, 1.807) is 0 Å². The Balaban J connectivity index is 2.50. The number of aromatic nitrogens is 4. The SMILES string of the molecule is C=CCN(C)c1nnc(-c2cccn2C)n1CC(=C)C. The molecule has 20 heavy (non-hydrogen) atoms. The molecule has 0 saturated carbocycles. The molecule has 0 aromatic carbocycles. The quantitative estimate of drug-likeness (QED) is 0.758. The van der Waals surface area contributed by atoms with Crippen molar-refractivity contribution in [3.05, 3.63) is 43.1 Å². The van der Waals surface area contributed by atoms with Gasteiger partial charge in [-0.25, -0.2) is 0 Å². The third-order valence-electron chi connectivity index (χ3n) is 3.08. The van der Waals surface area contributed by atoms with Crippen LogP contribution in [0, 0.1) is 0 Å². The molecule has 2 aromatic rings. The van der Waals surface area contributed by atoms with E-state index >= 15 is 0 Å². The van der Waals surface area contributed by atoms with Gasteiger partial charge in [0.2, 0.25) is 5.95 Å². The minimum Gasteiger partial charge on any atom is -0.348 e. The Hall–Kier alpha value is -2.30. The summed E-state index contributed by atoms with van der Waals surface area (Å²) in [4.78, 5) is 2.02. The number of anilines is 1. The molecule has 0 N–H and O–H groups in total. The summed E-state index contributed by atoms with van der Waals surface area (Å²) in [5.74, 6) is 1.68. The Morgan fingerprint density at radius 3 is 2.75 bits per heavy atom. The van der Waals surface area contributed by atoms with Crippen molar-refractivity contribution < 1.29 is 0 Å². The Morgan fingerprint density at radius 1 is 1.45 bits per heavy atom. The fourth-order valence-electron chi connectivity index (χ4n) is 2.15. The molecule has 0 aliphatic rings. The zero-order chi connectivity index (χ0) is 14.7. The third kappa shape index (κ3) is 2.66. The van der Waals surface area contributed by atoms with E-state index in [1.807, 2.05) is 54.9 Å². The lowest BCUT2D eigenvalue weighted by Crippen LogP contribution is -2.22. The van der Waals surface area contributed by atoms with E-state index in [-0.39, 0.29) is 0 Å². The van der Waals surface area contributed by atoms with E-state index in [9.17, 15) is 0 Å². The Labute approximate surface area is 119 Å². The first kappa shape index (κ1) is 14.1. The van der Waals surface area contributed by atoms with Crippen LogP contribution >= 0.6 is 0 Å². The van der Waals surface area contributed by atoms with Crippen molar-refractivity contribution in [2.45, 2.75) is 13.5 Å². The molecule has 0 amide bonds. The molecule has 0 radical (unpaired) electrons. The van der Waals surface area contributed by atoms with Crippen molar-refractivity contribution in [2.24, 2.45) is 7.05 Å². The van der Waals surface area contributed by atoms with E-state index in [1.165, 1.54) is 0 Å². The Kier molecular flexibility index (Phi) is 4.08. The van der Waals surface area contributed by atoms with Gasteiger partial charge in [-0.2, -0.15) is 0 Å². The van der Waals surface area contributed by atoms with E-state index in [0.29, 0.717) is 6.54 Å². The fourth-order valence-corrected chi connectivity index (χ4v) is 2.15. The molecule has 2 rings (SSSR count).